The molecule has 92 valence electrons. The molecule has 0 radical (unpaired) electrons. The molecule has 0 saturated heterocycles. The minimum atomic E-state index is 0.513. The molecule has 3 nitrogen and oxygen atoms in total. The van der Waals surface area contributed by atoms with E-state index in [0.29, 0.717) is 12.5 Å². The zero-order valence-corrected chi connectivity index (χ0v) is 10.9. The van der Waals surface area contributed by atoms with Gasteiger partial charge < -0.3 is 10.3 Å². The Labute approximate surface area is 103 Å². The van der Waals surface area contributed by atoms with Gasteiger partial charge in [0.2, 0.25) is 0 Å². The molecule has 0 aliphatic heterocycles. The quantitative estimate of drug-likeness (QED) is 0.879. The molecule has 1 heterocycles. The van der Waals surface area contributed by atoms with Crippen molar-refractivity contribution in [1.82, 2.24) is 9.55 Å². The van der Waals surface area contributed by atoms with Crippen LogP contribution in [0.5, 0.6) is 0 Å². The van der Waals surface area contributed by atoms with E-state index in [0.717, 1.165) is 11.1 Å². The Hall–Kier alpha value is -1.35. The lowest BCUT2D eigenvalue weighted by molar-refractivity contribution is 0.606. The van der Waals surface area contributed by atoms with Crippen LogP contribution in [0.25, 0.3) is 11.0 Å². The first-order valence-corrected chi connectivity index (χ1v) is 6.32. The van der Waals surface area contributed by atoms with Crippen molar-refractivity contribution in [3.8, 4) is 0 Å². The summed E-state index contributed by atoms with van der Waals surface area (Å²) in [5.41, 5.74) is 9.10. The van der Waals surface area contributed by atoms with Crippen LogP contribution in [-0.2, 0) is 13.6 Å². The first-order chi connectivity index (χ1) is 8.17. The van der Waals surface area contributed by atoms with Gasteiger partial charge in [-0.1, -0.05) is 26.3 Å². The van der Waals surface area contributed by atoms with Crippen molar-refractivity contribution in [2.75, 3.05) is 0 Å². The summed E-state index contributed by atoms with van der Waals surface area (Å²) in [5.74, 6) is 1.69. The zero-order chi connectivity index (χ0) is 12.4. The first-order valence-electron chi connectivity index (χ1n) is 6.32. The van der Waals surface area contributed by atoms with Gasteiger partial charge in [0.05, 0.1) is 11.0 Å². The highest BCUT2D eigenvalue weighted by Gasteiger charge is 2.13. The molecular weight excluding hydrogens is 210 g/mol. The number of fused-ring (bicyclic) bond motifs is 1. The highest BCUT2D eigenvalue weighted by Crippen LogP contribution is 2.24. The molecule has 1 atom stereocenters. The second-order valence-corrected chi connectivity index (χ2v) is 4.75. The van der Waals surface area contributed by atoms with Gasteiger partial charge in [-0.2, -0.15) is 0 Å². The Morgan fingerprint density at radius 3 is 2.82 bits per heavy atom. The second kappa shape index (κ2) is 4.88. The maximum atomic E-state index is 5.68. The standard InChI is InChI=1S/C14H21N3/c1-4-5-10(2)14-16-12-7-6-11(9-15)8-13(12)17(14)3/h6-8,10H,4-5,9,15H2,1-3H3. The summed E-state index contributed by atoms with van der Waals surface area (Å²) in [6.45, 7) is 5.04. The van der Waals surface area contributed by atoms with Gasteiger partial charge in [0, 0.05) is 19.5 Å². The van der Waals surface area contributed by atoms with Crippen molar-refractivity contribution in [1.29, 1.82) is 0 Å². The van der Waals surface area contributed by atoms with Crippen LogP contribution in [0, 0.1) is 0 Å². The van der Waals surface area contributed by atoms with Crippen LogP contribution in [-0.4, -0.2) is 9.55 Å². The fourth-order valence-corrected chi connectivity index (χ4v) is 2.38. The van der Waals surface area contributed by atoms with Crippen LogP contribution in [0.3, 0.4) is 0 Å². The molecule has 0 amide bonds. The number of nitrogens with zero attached hydrogens (tertiary/aromatic N) is 2. The normalized spacial score (nSPS) is 13.2. The summed E-state index contributed by atoms with van der Waals surface area (Å²) >= 11 is 0. The van der Waals surface area contributed by atoms with E-state index in [9.17, 15) is 0 Å². The van der Waals surface area contributed by atoms with Gasteiger partial charge in [-0.25, -0.2) is 4.98 Å². The predicted molar refractivity (Wildman–Crippen MR) is 71.9 cm³/mol. The SMILES string of the molecule is CCCC(C)c1nc2ccc(CN)cc2n1C. The Kier molecular flexibility index (Phi) is 3.48. The van der Waals surface area contributed by atoms with Crippen LogP contribution >= 0.6 is 0 Å². The van der Waals surface area contributed by atoms with Gasteiger partial charge in [0.15, 0.2) is 0 Å². The highest BCUT2D eigenvalue weighted by molar-refractivity contribution is 5.77. The smallest absolute Gasteiger partial charge is 0.112 e. The van der Waals surface area contributed by atoms with Crippen LogP contribution in [0.2, 0.25) is 0 Å². The van der Waals surface area contributed by atoms with E-state index in [4.69, 9.17) is 10.7 Å². The van der Waals surface area contributed by atoms with E-state index in [2.05, 4.69) is 43.7 Å². The Balaban J connectivity index is 2.49. The molecule has 0 saturated carbocycles. The summed E-state index contributed by atoms with van der Waals surface area (Å²) in [6.07, 6.45) is 2.37. The lowest BCUT2D eigenvalue weighted by atomic mass is 10.1. The molecule has 0 aliphatic carbocycles. The second-order valence-electron chi connectivity index (χ2n) is 4.75. The van der Waals surface area contributed by atoms with Gasteiger partial charge in [0.1, 0.15) is 5.82 Å². The minimum absolute atomic E-state index is 0.513. The summed E-state index contributed by atoms with van der Waals surface area (Å²) < 4.78 is 2.20. The fraction of sp³-hybridized carbons (Fsp3) is 0.500. The Morgan fingerprint density at radius 2 is 2.18 bits per heavy atom. The van der Waals surface area contributed by atoms with E-state index in [1.807, 2.05) is 0 Å². The largest absolute Gasteiger partial charge is 0.331 e. The Bertz CT molecular complexity index is 513. The number of hydrogen-bond donors (Lipinski definition) is 1. The maximum absolute atomic E-state index is 5.68. The maximum Gasteiger partial charge on any atom is 0.112 e. The van der Waals surface area contributed by atoms with Gasteiger partial charge in [-0.05, 0) is 24.1 Å². The summed E-state index contributed by atoms with van der Waals surface area (Å²) in [5, 5.41) is 0. The predicted octanol–water partition coefficient (Wildman–Crippen LogP) is 2.94. The van der Waals surface area contributed by atoms with Gasteiger partial charge in [-0.3, -0.25) is 0 Å². The first kappa shape index (κ1) is 12.1. The van der Waals surface area contributed by atoms with Crippen molar-refractivity contribution in [3.05, 3.63) is 29.6 Å². The molecule has 1 unspecified atom stereocenters. The molecule has 0 bridgehead atoms. The molecule has 1 aromatic carbocycles. The van der Waals surface area contributed by atoms with E-state index >= 15 is 0 Å². The molecule has 2 N–H and O–H groups in total. The van der Waals surface area contributed by atoms with Gasteiger partial charge >= 0.3 is 0 Å². The number of nitrogens with two attached hydrogens (primary N) is 1. The molecule has 2 aromatic rings. The minimum Gasteiger partial charge on any atom is -0.331 e. The van der Waals surface area contributed by atoms with Crippen molar-refractivity contribution in [3.63, 3.8) is 0 Å². The molecule has 0 spiro atoms. The summed E-state index contributed by atoms with van der Waals surface area (Å²) in [7, 11) is 2.09. The van der Waals surface area contributed by atoms with Crippen molar-refractivity contribution < 1.29 is 0 Å². The van der Waals surface area contributed by atoms with E-state index in [-0.39, 0.29) is 0 Å². The highest BCUT2D eigenvalue weighted by atomic mass is 15.1. The summed E-state index contributed by atoms with van der Waals surface area (Å²) in [4.78, 5) is 4.73. The van der Waals surface area contributed by atoms with Gasteiger partial charge in [0.25, 0.3) is 0 Å². The van der Waals surface area contributed by atoms with Gasteiger partial charge in [-0.15, -0.1) is 0 Å². The molecule has 0 fully saturated rings. The third kappa shape index (κ3) is 2.20. The van der Waals surface area contributed by atoms with Crippen LogP contribution < -0.4 is 5.73 Å². The monoisotopic (exact) mass is 231 g/mol. The van der Waals surface area contributed by atoms with Crippen LogP contribution in [0.1, 0.15) is 44.0 Å². The number of rotatable bonds is 4. The Morgan fingerprint density at radius 1 is 1.41 bits per heavy atom. The van der Waals surface area contributed by atoms with E-state index in [1.54, 1.807) is 0 Å². The zero-order valence-electron chi connectivity index (χ0n) is 10.9. The lowest BCUT2D eigenvalue weighted by Crippen LogP contribution is -2.03. The average Bonchev–Trinajstić information content (AvgIpc) is 2.67. The van der Waals surface area contributed by atoms with E-state index < -0.39 is 0 Å². The summed E-state index contributed by atoms with van der Waals surface area (Å²) in [6, 6.07) is 6.27. The number of aromatic nitrogens is 2. The number of aryl methyl sites for hydroxylation is 1. The molecule has 3 heteroatoms. The topological polar surface area (TPSA) is 43.8 Å². The van der Waals surface area contributed by atoms with Crippen molar-refractivity contribution >= 4 is 11.0 Å². The fourth-order valence-electron chi connectivity index (χ4n) is 2.38. The molecule has 2 rings (SSSR count). The molecule has 17 heavy (non-hydrogen) atoms. The van der Waals surface area contributed by atoms with Crippen molar-refractivity contribution in [2.45, 2.75) is 39.2 Å². The third-order valence-corrected chi connectivity index (χ3v) is 3.38. The average molecular weight is 231 g/mol. The van der Waals surface area contributed by atoms with E-state index in [1.165, 1.54) is 24.2 Å². The van der Waals surface area contributed by atoms with Crippen LogP contribution in [0.15, 0.2) is 18.2 Å². The lowest BCUT2D eigenvalue weighted by Gasteiger charge is -2.09. The molecular formula is C14H21N3. The number of hydrogen-bond acceptors (Lipinski definition) is 2. The number of imidazole rings is 1. The van der Waals surface area contributed by atoms with Crippen molar-refractivity contribution in [2.24, 2.45) is 12.8 Å². The number of benzene rings is 1. The van der Waals surface area contributed by atoms with Crippen LogP contribution in [0.4, 0.5) is 0 Å². The molecule has 0 aliphatic rings. The molecule has 1 aromatic heterocycles. The third-order valence-electron chi connectivity index (χ3n) is 3.38.